The fourth-order valence-electron chi connectivity index (χ4n) is 3.60. The average Bonchev–Trinajstić information content (AvgIpc) is 3.02. The van der Waals surface area contributed by atoms with E-state index >= 15 is 0 Å². The van der Waals surface area contributed by atoms with Gasteiger partial charge in [0.15, 0.2) is 0 Å². The summed E-state index contributed by atoms with van der Waals surface area (Å²) in [5.41, 5.74) is 1.25. The van der Waals surface area contributed by atoms with Gasteiger partial charge in [-0.05, 0) is 42.0 Å². The molecule has 0 saturated heterocycles. The Hall–Kier alpha value is -3.20. The predicted octanol–water partition coefficient (Wildman–Crippen LogP) is 4.26. The van der Waals surface area contributed by atoms with Crippen LogP contribution in [0.25, 0.3) is 0 Å². The fourth-order valence-corrected chi connectivity index (χ4v) is 4.69. The third-order valence-corrected chi connectivity index (χ3v) is 6.12. The van der Waals surface area contributed by atoms with Crippen molar-refractivity contribution in [1.29, 1.82) is 0 Å². The van der Waals surface area contributed by atoms with Gasteiger partial charge in [-0.1, -0.05) is 23.5 Å². The number of aromatic nitrogens is 1. The zero-order valence-electron chi connectivity index (χ0n) is 16.2. The standard InChI is InChI=1S/C21H18F2N2O4S/c1-24-19-18(30-21(24)27)16(12-4-3-5-15(10-12)29-20(22)23)11-17(26)25(19)13-6-8-14(28-2)9-7-13/h3-10,16,20H,11H2,1-2H3/t16-/m1/s1. The summed E-state index contributed by atoms with van der Waals surface area (Å²) in [4.78, 5) is 27.6. The van der Waals surface area contributed by atoms with Gasteiger partial charge in [-0.15, -0.1) is 0 Å². The van der Waals surface area contributed by atoms with Crippen molar-refractivity contribution in [2.24, 2.45) is 7.05 Å². The number of rotatable bonds is 5. The summed E-state index contributed by atoms with van der Waals surface area (Å²) in [6.07, 6.45) is 0.0944. The molecule has 30 heavy (non-hydrogen) atoms. The van der Waals surface area contributed by atoms with Crippen LogP contribution in [0.15, 0.2) is 53.3 Å². The minimum Gasteiger partial charge on any atom is -0.497 e. The summed E-state index contributed by atoms with van der Waals surface area (Å²) < 4.78 is 36.3. The SMILES string of the molecule is COc1ccc(N2C(=O)C[C@H](c3cccc(OC(F)F)c3)c3sc(=O)n(C)c32)cc1. The van der Waals surface area contributed by atoms with Gasteiger partial charge >= 0.3 is 11.5 Å². The second-order valence-electron chi connectivity index (χ2n) is 6.75. The summed E-state index contributed by atoms with van der Waals surface area (Å²) in [6, 6.07) is 13.2. The molecule has 0 aliphatic carbocycles. The van der Waals surface area contributed by atoms with Gasteiger partial charge in [-0.25, -0.2) is 0 Å². The Morgan fingerprint density at radius 3 is 2.50 bits per heavy atom. The van der Waals surface area contributed by atoms with E-state index in [4.69, 9.17) is 4.74 Å². The number of carbonyl (C=O) groups excluding carboxylic acids is 1. The molecule has 9 heteroatoms. The number of anilines is 2. The molecule has 4 rings (SSSR count). The summed E-state index contributed by atoms with van der Waals surface area (Å²) >= 11 is 1.05. The van der Waals surface area contributed by atoms with Gasteiger partial charge in [0, 0.05) is 19.4 Å². The molecule has 3 aromatic rings. The number of hydrogen-bond donors (Lipinski definition) is 0. The van der Waals surface area contributed by atoms with Crippen LogP contribution in [-0.4, -0.2) is 24.2 Å². The molecule has 1 aromatic heterocycles. The van der Waals surface area contributed by atoms with E-state index in [0.29, 0.717) is 27.7 Å². The maximum Gasteiger partial charge on any atom is 0.387 e. The van der Waals surface area contributed by atoms with E-state index < -0.39 is 12.5 Å². The van der Waals surface area contributed by atoms with Crippen molar-refractivity contribution in [3.05, 3.63) is 68.6 Å². The molecular weight excluding hydrogens is 414 g/mol. The van der Waals surface area contributed by atoms with E-state index in [2.05, 4.69) is 4.74 Å². The lowest BCUT2D eigenvalue weighted by atomic mass is 9.90. The molecular formula is C21H18F2N2O4S. The number of carbonyl (C=O) groups is 1. The Labute approximate surface area is 174 Å². The Kier molecular flexibility index (Phi) is 5.29. The highest BCUT2D eigenvalue weighted by molar-refractivity contribution is 7.10. The summed E-state index contributed by atoms with van der Waals surface area (Å²) in [7, 11) is 3.17. The normalized spacial score (nSPS) is 16.0. The minimum absolute atomic E-state index is 0.0114. The van der Waals surface area contributed by atoms with Crippen LogP contribution in [0, 0.1) is 0 Å². The van der Waals surface area contributed by atoms with E-state index in [-0.39, 0.29) is 23.0 Å². The second-order valence-corrected chi connectivity index (χ2v) is 7.74. The first-order valence-corrected chi connectivity index (χ1v) is 9.92. The van der Waals surface area contributed by atoms with Crippen molar-refractivity contribution in [1.82, 2.24) is 4.57 Å². The Morgan fingerprint density at radius 1 is 1.10 bits per heavy atom. The van der Waals surface area contributed by atoms with Crippen molar-refractivity contribution in [3.8, 4) is 11.5 Å². The molecule has 1 aliphatic heterocycles. The van der Waals surface area contributed by atoms with Gasteiger partial charge in [-0.2, -0.15) is 8.78 Å². The zero-order chi connectivity index (χ0) is 21.4. The second kappa shape index (κ2) is 7.91. The summed E-state index contributed by atoms with van der Waals surface area (Å²) in [5, 5.41) is 0. The lowest BCUT2D eigenvalue weighted by molar-refractivity contribution is -0.118. The van der Waals surface area contributed by atoms with Crippen molar-refractivity contribution in [3.63, 3.8) is 0 Å². The number of hydrogen-bond acceptors (Lipinski definition) is 5. The molecule has 156 valence electrons. The fraction of sp³-hybridized carbons (Fsp3) is 0.238. The van der Waals surface area contributed by atoms with Gasteiger partial charge in [0.05, 0.1) is 17.7 Å². The lowest BCUT2D eigenvalue weighted by Crippen LogP contribution is -2.34. The number of fused-ring (bicyclic) bond motifs is 1. The Bertz CT molecular complexity index is 1140. The summed E-state index contributed by atoms with van der Waals surface area (Å²) in [5.74, 6) is 0.513. The van der Waals surface area contributed by atoms with Crippen molar-refractivity contribution in [2.75, 3.05) is 12.0 Å². The van der Waals surface area contributed by atoms with Gasteiger partial charge in [0.2, 0.25) is 5.91 Å². The first-order valence-electron chi connectivity index (χ1n) is 9.10. The highest BCUT2D eigenvalue weighted by Crippen LogP contribution is 2.45. The van der Waals surface area contributed by atoms with Crippen LogP contribution < -0.4 is 19.2 Å². The summed E-state index contributed by atoms with van der Waals surface area (Å²) in [6.45, 7) is -2.94. The molecule has 0 fully saturated rings. The molecule has 1 amide bonds. The highest BCUT2D eigenvalue weighted by Gasteiger charge is 2.37. The van der Waals surface area contributed by atoms with E-state index in [1.807, 2.05) is 0 Å². The lowest BCUT2D eigenvalue weighted by Gasteiger charge is -2.32. The average molecular weight is 432 g/mol. The van der Waals surface area contributed by atoms with Crippen LogP contribution >= 0.6 is 11.3 Å². The van der Waals surface area contributed by atoms with Crippen LogP contribution in [0.5, 0.6) is 11.5 Å². The van der Waals surface area contributed by atoms with Crippen LogP contribution in [0.2, 0.25) is 0 Å². The van der Waals surface area contributed by atoms with Gasteiger partial charge in [0.1, 0.15) is 17.3 Å². The zero-order valence-corrected chi connectivity index (χ0v) is 17.0. The maximum absolute atomic E-state index is 13.2. The number of nitrogens with zero attached hydrogens (tertiary/aromatic N) is 2. The van der Waals surface area contributed by atoms with Crippen molar-refractivity contribution < 1.29 is 23.0 Å². The van der Waals surface area contributed by atoms with E-state index in [1.165, 1.54) is 21.6 Å². The minimum atomic E-state index is -2.94. The van der Waals surface area contributed by atoms with Crippen LogP contribution in [0.3, 0.4) is 0 Å². The molecule has 1 atom stereocenters. The van der Waals surface area contributed by atoms with Crippen LogP contribution in [0.4, 0.5) is 20.3 Å². The number of thiazole rings is 1. The molecule has 0 unspecified atom stereocenters. The molecule has 1 aliphatic rings. The topological polar surface area (TPSA) is 60.8 Å². The third kappa shape index (κ3) is 3.56. The predicted molar refractivity (Wildman–Crippen MR) is 109 cm³/mol. The van der Waals surface area contributed by atoms with Gasteiger partial charge in [-0.3, -0.25) is 19.1 Å². The smallest absolute Gasteiger partial charge is 0.387 e. The van der Waals surface area contributed by atoms with Crippen LogP contribution in [-0.2, 0) is 11.8 Å². The van der Waals surface area contributed by atoms with Gasteiger partial charge in [0.25, 0.3) is 0 Å². The molecule has 0 spiro atoms. The first-order chi connectivity index (χ1) is 14.4. The number of benzene rings is 2. The molecule has 0 N–H and O–H groups in total. The van der Waals surface area contributed by atoms with Crippen LogP contribution in [0.1, 0.15) is 22.8 Å². The number of methoxy groups -OCH3 is 1. The molecule has 0 saturated carbocycles. The highest BCUT2D eigenvalue weighted by atomic mass is 32.1. The van der Waals surface area contributed by atoms with Crippen molar-refractivity contribution >= 4 is 28.7 Å². The number of halogens is 2. The monoisotopic (exact) mass is 432 g/mol. The largest absolute Gasteiger partial charge is 0.497 e. The number of amides is 1. The number of alkyl halides is 2. The van der Waals surface area contributed by atoms with Crippen molar-refractivity contribution in [2.45, 2.75) is 19.0 Å². The number of ether oxygens (including phenoxy) is 2. The molecule has 0 bridgehead atoms. The molecule has 0 radical (unpaired) electrons. The van der Waals surface area contributed by atoms with Gasteiger partial charge < -0.3 is 9.47 Å². The first kappa shape index (κ1) is 20.1. The van der Waals surface area contributed by atoms with E-state index in [9.17, 15) is 18.4 Å². The Morgan fingerprint density at radius 2 is 1.83 bits per heavy atom. The quantitative estimate of drug-likeness (QED) is 0.605. The molecule has 2 aromatic carbocycles. The third-order valence-electron chi connectivity index (χ3n) is 4.98. The molecule has 6 nitrogen and oxygen atoms in total. The van der Waals surface area contributed by atoms with E-state index in [0.717, 1.165) is 11.3 Å². The molecule has 2 heterocycles. The van der Waals surface area contributed by atoms with E-state index in [1.54, 1.807) is 50.6 Å². The Balaban J connectivity index is 1.80. The maximum atomic E-state index is 13.2.